The van der Waals surface area contributed by atoms with Gasteiger partial charge < -0.3 is 9.47 Å². The predicted octanol–water partition coefficient (Wildman–Crippen LogP) is 4.68. The highest BCUT2D eigenvalue weighted by Gasteiger charge is 2.23. The third-order valence-corrected chi connectivity index (χ3v) is 4.01. The molecule has 126 valence electrons. The van der Waals surface area contributed by atoms with Crippen molar-refractivity contribution in [3.63, 3.8) is 0 Å². The molecule has 5 nitrogen and oxygen atoms in total. The van der Waals surface area contributed by atoms with Gasteiger partial charge in [-0.1, -0.05) is 11.6 Å². The Labute approximate surface area is 146 Å². The Morgan fingerprint density at radius 3 is 2.83 bits per heavy atom. The van der Waals surface area contributed by atoms with Crippen LogP contribution in [0.15, 0.2) is 24.5 Å². The molecule has 0 fully saturated rings. The summed E-state index contributed by atoms with van der Waals surface area (Å²) in [6.45, 7) is 2.11. The SMILES string of the molecule is CCOc1ncc(F)c(OC)c1-c1cn(SF)c2nc(Cl)ccc12. The van der Waals surface area contributed by atoms with Gasteiger partial charge in [0.1, 0.15) is 5.15 Å². The van der Waals surface area contributed by atoms with Gasteiger partial charge in [-0.25, -0.2) is 18.3 Å². The van der Waals surface area contributed by atoms with Gasteiger partial charge in [-0.15, -0.1) is 3.89 Å². The topological polar surface area (TPSA) is 49.2 Å². The van der Waals surface area contributed by atoms with Crippen molar-refractivity contribution < 1.29 is 17.7 Å². The monoisotopic (exact) mass is 371 g/mol. The average molecular weight is 372 g/mol. The van der Waals surface area contributed by atoms with E-state index < -0.39 is 5.82 Å². The van der Waals surface area contributed by atoms with Gasteiger partial charge in [0.25, 0.3) is 0 Å². The predicted molar refractivity (Wildman–Crippen MR) is 89.8 cm³/mol. The van der Waals surface area contributed by atoms with Crippen LogP contribution >= 0.6 is 23.9 Å². The number of fused-ring (bicyclic) bond motifs is 1. The molecule has 0 aliphatic heterocycles. The van der Waals surface area contributed by atoms with E-state index in [9.17, 15) is 8.28 Å². The van der Waals surface area contributed by atoms with Crippen molar-refractivity contribution in [3.8, 4) is 22.8 Å². The van der Waals surface area contributed by atoms with E-state index in [-0.39, 0.29) is 29.1 Å². The molecule has 3 heterocycles. The van der Waals surface area contributed by atoms with Gasteiger partial charge in [-0.3, -0.25) is 0 Å². The molecule has 0 atom stereocenters. The molecule has 24 heavy (non-hydrogen) atoms. The maximum atomic E-state index is 14.1. The molecule has 0 bridgehead atoms. The Bertz CT molecular complexity index is 904. The molecule has 0 aromatic carbocycles. The number of hydrogen-bond donors (Lipinski definition) is 0. The average Bonchev–Trinajstić information content (AvgIpc) is 2.93. The van der Waals surface area contributed by atoms with Crippen LogP contribution in [0.3, 0.4) is 0 Å². The van der Waals surface area contributed by atoms with E-state index in [1.807, 2.05) is 0 Å². The summed E-state index contributed by atoms with van der Waals surface area (Å²) >= 11 is 5.85. The Morgan fingerprint density at radius 2 is 2.17 bits per heavy atom. The summed E-state index contributed by atoms with van der Waals surface area (Å²) < 4.78 is 39.3. The van der Waals surface area contributed by atoms with Gasteiger partial charge >= 0.3 is 0 Å². The van der Waals surface area contributed by atoms with Crippen LogP contribution in [0.4, 0.5) is 8.28 Å². The number of pyridine rings is 2. The van der Waals surface area contributed by atoms with Crippen LogP contribution in [0.5, 0.6) is 11.6 Å². The fourth-order valence-electron chi connectivity index (χ4n) is 2.44. The van der Waals surface area contributed by atoms with E-state index in [4.69, 9.17) is 21.1 Å². The third-order valence-electron chi connectivity index (χ3n) is 3.37. The molecule has 0 radical (unpaired) electrons. The normalized spacial score (nSPS) is 11.0. The lowest BCUT2D eigenvalue weighted by Gasteiger charge is -2.13. The maximum absolute atomic E-state index is 14.1. The molecular weight excluding hydrogens is 360 g/mol. The van der Waals surface area contributed by atoms with Crippen molar-refractivity contribution in [2.75, 3.05) is 13.7 Å². The van der Waals surface area contributed by atoms with Crippen molar-refractivity contribution in [1.82, 2.24) is 13.9 Å². The Morgan fingerprint density at radius 1 is 1.38 bits per heavy atom. The van der Waals surface area contributed by atoms with Crippen molar-refractivity contribution in [2.45, 2.75) is 6.92 Å². The molecular formula is C15H12ClF2N3O2S. The number of hydrogen-bond acceptors (Lipinski definition) is 5. The number of aromatic nitrogens is 3. The molecule has 0 aliphatic carbocycles. The van der Waals surface area contributed by atoms with Crippen LogP contribution in [0.2, 0.25) is 5.15 Å². The Hall–Kier alpha value is -2.06. The van der Waals surface area contributed by atoms with E-state index in [0.717, 1.165) is 6.20 Å². The lowest BCUT2D eigenvalue weighted by atomic mass is 10.1. The van der Waals surface area contributed by atoms with Crippen molar-refractivity contribution >= 4 is 35.0 Å². The van der Waals surface area contributed by atoms with Crippen molar-refractivity contribution in [1.29, 1.82) is 0 Å². The van der Waals surface area contributed by atoms with Gasteiger partial charge in [-0.05, 0) is 19.1 Å². The largest absolute Gasteiger partial charge is 0.493 e. The number of ether oxygens (including phenoxy) is 2. The molecule has 0 N–H and O–H groups in total. The number of methoxy groups -OCH3 is 1. The van der Waals surface area contributed by atoms with E-state index in [2.05, 4.69) is 9.97 Å². The van der Waals surface area contributed by atoms with Crippen molar-refractivity contribution in [2.24, 2.45) is 0 Å². The van der Waals surface area contributed by atoms with Crippen LogP contribution < -0.4 is 9.47 Å². The second-order valence-corrected chi connectivity index (χ2v) is 5.61. The number of halogens is 3. The molecule has 0 saturated carbocycles. The molecule has 0 aliphatic rings. The molecule has 9 heteroatoms. The first-order valence-electron chi connectivity index (χ1n) is 6.93. The highest BCUT2D eigenvalue weighted by atomic mass is 35.5. The molecule has 3 aromatic heterocycles. The zero-order valence-electron chi connectivity index (χ0n) is 12.7. The zero-order valence-corrected chi connectivity index (χ0v) is 14.3. The van der Waals surface area contributed by atoms with Crippen LogP contribution in [0.1, 0.15) is 6.92 Å². The van der Waals surface area contributed by atoms with Crippen LogP contribution in [0, 0.1) is 5.82 Å². The summed E-state index contributed by atoms with van der Waals surface area (Å²) in [6, 6.07) is 3.24. The highest BCUT2D eigenvalue weighted by molar-refractivity contribution is 7.92. The quantitative estimate of drug-likeness (QED) is 0.609. The Balaban J connectivity index is 2.37. The molecule has 0 spiro atoms. The summed E-state index contributed by atoms with van der Waals surface area (Å²) in [5, 5.41) is 0.785. The Kier molecular flexibility index (Phi) is 4.77. The molecule has 3 aromatic rings. The summed E-state index contributed by atoms with van der Waals surface area (Å²) in [5.74, 6) is -0.494. The zero-order chi connectivity index (χ0) is 17.3. The van der Waals surface area contributed by atoms with Crippen LogP contribution in [0.25, 0.3) is 22.2 Å². The lowest BCUT2D eigenvalue weighted by molar-refractivity contribution is 0.321. The van der Waals surface area contributed by atoms with Gasteiger partial charge in [0, 0.05) is 17.1 Å². The third kappa shape index (κ3) is 2.76. The maximum Gasteiger partial charge on any atom is 0.225 e. The molecule has 0 unspecified atom stereocenters. The first-order valence-corrected chi connectivity index (χ1v) is 7.98. The first kappa shape index (κ1) is 16.8. The van der Waals surface area contributed by atoms with E-state index in [1.54, 1.807) is 19.1 Å². The van der Waals surface area contributed by atoms with Gasteiger partial charge in [-0.2, -0.15) is 0 Å². The summed E-state index contributed by atoms with van der Waals surface area (Å²) in [7, 11) is 1.34. The van der Waals surface area contributed by atoms with Crippen LogP contribution in [-0.2, 0) is 0 Å². The lowest BCUT2D eigenvalue weighted by Crippen LogP contribution is -2.01. The first-order chi connectivity index (χ1) is 11.6. The molecule has 0 saturated heterocycles. The van der Waals surface area contributed by atoms with Crippen LogP contribution in [-0.4, -0.2) is 27.7 Å². The van der Waals surface area contributed by atoms with Gasteiger partial charge in [0.15, 0.2) is 29.5 Å². The van der Waals surface area contributed by atoms with E-state index in [0.29, 0.717) is 28.8 Å². The second kappa shape index (κ2) is 6.82. The summed E-state index contributed by atoms with van der Waals surface area (Å²) in [5.41, 5.74) is 1.08. The fraction of sp³-hybridized carbons (Fsp3) is 0.200. The minimum atomic E-state index is -0.647. The fourth-order valence-corrected chi connectivity index (χ4v) is 2.93. The van der Waals surface area contributed by atoms with Gasteiger partial charge in [0.05, 0.1) is 25.5 Å². The van der Waals surface area contributed by atoms with E-state index in [1.165, 1.54) is 17.3 Å². The molecule has 3 rings (SSSR count). The number of rotatable bonds is 5. The smallest absolute Gasteiger partial charge is 0.225 e. The highest BCUT2D eigenvalue weighted by Crippen LogP contribution is 2.43. The summed E-state index contributed by atoms with van der Waals surface area (Å²) in [4.78, 5) is 8.10. The summed E-state index contributed by atoms with van der Waals surface area (Å²) in [6.07, 6.45) is 2.49. The molecule has 0 amide bonds. The second-order valence-electron chi connectivity index (χ2n) is 4.70. The van der Waals surface area contributed by atoms with Crippen molar-refractivity contribution in [3.05, 3.63) is 35.5 Å². The standard InChI is InChI=1S/C15H12ClF2N3O2S/c1-3-23-15-12(13(22-2)10(17)6-19-15)9-7-21(24-18)14-8(9)4-5-11(16)20-14/h4-7H,3H2,1-2H3. The number of nitrogens with zero attached hydrogens (tertiary/aromatic N) is 3. The minimum Gasteiger partial charge on any atom is -0.493 e. The van der Waals surface area contributed by atoms with Gasteiger partial charge in [0.2, 0.25) is 5.88 Å². The van der Waals surface area contributed by atoms with E-state index >= 15 is 0 Å². The minimum absolute atomic E-state index is 0.0358.